The zero-order valence-electron chi connectivity index (χ0n) is 16.1. The highest BCUT2D eigenvalue weighted by Crippen LogP contribution is 2.34. The standard InChI is InChI=1S/C23H17F4N3O/c24-21-18(23(25,26)27)5-2-6-19(21)30-20(31)8-7-14-3-1-4-15(11-14)17-12-16-9-10-28-22(16)29-13-17/h1-6,9-13H,7-8H2,(H,28,29)(H,30,31). The van der Waals surface area contributed by atoms with Crippen molar-refractivity contribution in [3.63, 3.8) is 0 Å². The number of hydrogen-bond donors (Lipinski definition) is 2. The lowest BCUT2D eigenvalue weighted by Crippen LogP contribution is -2.16. The zero-order chi connectivity index (χ0) is 22.0. The van der Waals surface area contributed by atoms with Crippen LogP contribution in [0.5, 0.6) is 0 Å². The maximum atomic E-state index is 14.1. The smallest absolute Gasteiger partial charge is 0.346 e. The molecular formula is C23H17F4N3O. The fraction of sp³-hybridized carbons (Fsp3) is 0.130. The van der Waals surface area contributed by atoms with E-state index in [9.17, 15) is 22.4 Å². The van der Waals surface area contributed by atoms with E-state index in [1.807, 2.05) is 42.6 Å². The molecule has 0 aliphatic rings. The molecule has 8 heteroatoms. The molecule has 0 atom stereocenters. The highest BCUT2D eigenvalue weighted by atomic mass is 19.4. The number of anilines is 1. The number of amides is 1. The van der Waals surface area contributed by atoms with Gasteiger partial charge in [-0.3, -0.25) is 4.79 Å². The van der Waals surface area contributed by atoms with E-state index in [0.717, 1.165) is 39.9 Å². The fourth-order valence-corrected chi connectivity index (χ4v) is 3.32. The van der Waals surface area contributed by atoms with Crippen molar-refractivity contribution in [2.75, 3.05) is 5.32 Å². The number of nitrogens with zero attached hydrogens (tertiary/aromatic N) is 1. The molecule has 1 amide bonds. The zero-order valence-corrected chi connectivity index (χ0v) is 16.1. The van der Waals surface area contributed by atoms with Crippen LogP contribution < -0.4 is 5.32 Å². The summed E-state index contributed by atoms with van der Waals surface area (Å²) in [5.41, 5.74) is 1.61. The third-order valence-corrected chi connectivity index (χ3v) is 4.88. The summed E-state index contributed by atoms with van der Waals surface area (Å²) >= 11 is 0. The summed E-state index contributed by atoms with van der Waals surface area (Å²) in [7, 11) is 0. The molecule has 0 unspecified atom stereocenters. The van der Waals surface area contributed by atoms with Crippen molar-refractivity contribution in [1.29, 1.82) is 0 Å². The van der Waals surface area contributed by atoms with Crippen molar-refractivity contribution in [3.05, 3.63) is 83.9 Å². The van der Waals surface area contributed by atoms with Crippen LogP contribution in [0.25, 0.3) is 22.2 Å². The second-order valence-electron chi connectivity index (χ2n) is 7.05. The molecule has 4 aromatic rings. The number of aromatic amines is 1. The number of aromatic nitrogens is 2. The minimum atomic E-state index is -4.83. The monoisotopic (exact) mass is 427 g/mol. The second-order valence-corrected chi connectivity index (χ2v) is 7.05. The van der Waals surface area contributed by atoms with Gasteiger partial charge in [-0.15, -0.1) is 0 Å². The summed E-state index contributed by atoms with van der Waals surface area (Å²) in [5, 5.41) is 3.21. The molecule has 0 radical (unpaired) electrons. The van der Waals surface area contributed by atoms with Crippen molar-refractivity contribution in [3.8, 4) is 11.1 Å². The van der Waals surface area contributed by atoms with Gasteiger partial charge < -0.3 is 10.3 Å². The number of carbonyl (C=O) groups excluding carboxylic acids is 1. The number of rotatable bonds is 5. The Labute approximate surface area is 174 Å². The van der Waals surface area contributed by atoms with E-state index >= 15 is 0 Å². The molecule has 0 aliphatic carbocycles. The Morgan fingerprint density at radius 1 is 1.03 bits per heavy atom. The Morgan fingerprint density at radius 2 is 1.84 bits per heavy atom. The molecular weight excluding hydrogens is 410 g/mol. The Balaban J connectivity index is 1.44. The number of halogens is 4. The van der Waals surface area contributed by atoms with Crippen LogP contribution >= 0.6 is 0 Å². The first-order chi connectivity index (χ1) is 14.8. The van der Waals surface area contributed by atoms with Crippen LogP contribution in [-0.4, -0.2) is 15.9 Å². The molecule has 0 spiro atoms. The maximum Gasteiger partial charge on any atom is 0.419 e. The van der Waals surface area contributed by atoms with Crippen LogP contribution in [0.3, 0.4) is 0 Å². The van der Waals surface area contributed by atoms with E-state index in [-0.39, 0.29) is 6.42 Å². The average molecular weight is 427 g/mol. The number of alkyl halides is 3. The third kappa shape index (κ3) is 4.58. The Hall–Kier alpha value is -3.68. The lowest BCUT2D eigenvalue weighted by molar-refractivity contribution is -0.140. The highest BCUT2D eigenvalue weighted by molar-refractivity contribution is 5.91. The average Bonchev–Trinajstić information content (AvgIpc) is 3.21. The van der Waals surface area contributed by atoms with Gasteiger partial charge in [0, 0.05) is 29.8 Å². The highest BCUT2D eigenvalue weighted by Gasteiger charge is 2.35. The van der Waals surface area contributed by atoms with Crippen LogP contribution in [0.1, 0.15) is 17.5 Å². The molecule has 0 saturated carbocycles. The van der Waals surface area contributed by atoms with Gasteiger partial charge in [-0.1, -0.05) is 30.3 Å². The van der Waals surface area contributed by atoms with E-state index in [2.05, 4.69) is 15.3 Å². The normalized spacial score (nSPS) is 11.6. The molecule has 0 saturated heterocycles. The van der Waals surface area contributed by atoms with Gasteiger partial charge in [0.1, 0.15) is 5.65 Å². The van der Waals surface area contributed by atoms with Crippen LogP contribution in [-0.2, 0) is 17.4 Å². The SMILES string of the molecule is O=C(CCc1cccc(-c2cnc3[nH]ccc3c2)c1)Nc1cccc(C(F)(F)F)c1F. The second kappa shape index (κ2) is 8.22. The maximum absolute atomic E-state index is 14.1. The molecule has 2 aromatic carbocycles. The summed E-state index contributed by atoms with van der Waals surface area (Å²) in [6.07, 6.45) is -0.928. The minimum Gasteiger partial charge on any atom is -0.346 e. The summed E-state index contributed by atoms with van der Waals surface area (Å²) < 4.78 is 52.5. The molecule has 0 bridgehead atoms. The predicted molar refractivity (Wildman–Crippen MR) is 110 cm³/mol. The number of fused-ring (bicyclic) bond motifs is 1. The van der Waals surface area contributed by atoms with Crippen LogP contribution in [0.4, 0.5) is 23.2 Å². The largest absolute Gasteiger partial charge is 0.419 e. The fourth-order valence-electron chi connectivity index (χ4n) is 3.32. The first-order valence-corrected chi connectivity index (χ1v) is 9.49. The van der Waals surface area contributed by atoms with Crippen LogP contribution in [0.15, 0.2) is 67.0 Å². The van der Waals surface area contributed by atoms with Gasteiger partial charge in [0.25, 0.3) is 0 Å². The molecule has 31 heavy (non-hydrogen) atoms. The van der Waals surface area contributed by atoms with E-state index in [0.29, 0.717) is 12.5 Å². The lowest BCUT2D eigenvalue weighted by Gasteiger charge is -2.12. The predicted octanol–water partition coefficient (Wildman–Crippen LogP) is 5.96. The van der Waals surface area contributed by atoms with Gasteiger partial charge in [-0.2, -0.15) is 13.2 Å². The summed E-state index contributed by atoms with van der Waals surface area (Å²) in [5.74, 6) is -2.06. The van der Waals surface area contributed by atoms with Gasteiger partial charge in [-0.05, 0) is 41.8 Å². The molecule has 0 aliphatic heterocycles. The first-order valence-electron chi connectivity index (χ1n) is 9.49. The van der Waals surface area contributed by atoms with Crippen molar-refractivity contribution in [2.45, 2.75) is 19.0 Å². The molecule has 2 aromatic heterocycles. The van der Waals surface area contributed by atoms with Gasteiger partial charge in [0.05, 0.1) is 11.3 Å². The molecule has 2 N–H and O–H groups in total. The number of H-pyrrole nitrogens is 1. The Bertz CT molecular complexity index is 1250. The molecule has 2 heterocycles. The first kappa shape index (κ1) is 20.6. The summed E-state index contributed by atoms with van der Waals surface area (Å²) in [6.45, 7) is 0. The van der Waals surface area contributed by atoms with Gasteiger partial charge in [0.15, 0.2) is 5.82 Å². The van der Waals surface area contributed by atoms with E-state index in [4.69, 9.17) is 0 Å². The molecule has 0 fully saturated rings. The van der Waals surface area contributed by atoms with Crippen LogP contribution in [0, 0.1) is 5.82 Å². The Kier molecular flexibility index (Phi) is 5.46. The lowest BCUT2D eigenvalue weighted by atomic mass is 10.0. The summed E-state index contributed by atoms with van der Waals surface area (Å²) in [6, 6.07) is 14.3. The third-order valence-electron chi connectivity index (χ3n) is 4.88. The quantitative estimate of drug-likeness (QED) is 0.386. The van der Waals surface area contributed by atoms with E-state index in [1.54, 1.807) is 6.20 Å². The van der Waals surface area contributed by atoms with Crippen molar-refractivity contribution in [1.82, 2.24) is 9.97 Å². The van der Waals surface area contributed by atoms with Gasteiger partial charge in [0.2, 0.25) is 5.91 Å². The van der Waals surface area contributed by atoms with Crippen molar-refractivity contribution < 1.29 is 22.4 Å². The van der Waals surface area contributed by atoms with Crippen molar-refractivity contribution >= 4 is 22.6 Å². The minimum absolute atomic E-state index is 0.00572. The number of pyridine rings is 1. The number of hydrogen-bond acceptors (Lipinski definition) is 2. The van der Waals surface area contributed by atoms with E-state index in [1.165, 1.54) is 0 Å². The molecule has 4 rings (SSSR count). The number of benzene rings is 2. The molecule has 158 valence electrons. The number of nitrogens with one attached hydrogen (secondary N) is 2. The topological polar surface area (TPSA) is 57.8 Å². The van der Waals surface area contributed by atoms with Crippen molar-refractivity contribution in [2.24, 2.45) is 0 Å². The summed E-state index contributed by atoms with van der Waals surface area (Å²) in [4.78, 5) is 19.6. The molecule has 4 nitrogen and oxygen atoms in total. The Morgan fingerprint density at radius 3 is 2.65 bits per heavy atom. The number of carbonyl (C=O) groups is 1. The van der Waals surface area contributed by atoms with Gasteiger partial charge >= 0.3 is 6.18 Å². The number of aryl methyl sites for hydroxylation is 1. The van der Waals surface area contributed by atoms with E-state index < -0.39 is 29.2 Å². The van der Waals surface area contributed by atoms with Gasteiger partial charge in [-0.25, -0.2) is 9.37 Å². The van der Waals surface area contributed by atoms with Crippen LogP contribution in [0.2, 0.25) is 0 Å².